The number of esters is 1. The summed E-state index contributed by atoms with van der Waals surface area (Å²) in [4.78, 5) is 35.1. The molecule has 154 valence electrons. The molecule has 8 nitrogen and oxygen atoms in total. The summed E-state index contributed by atoms with van der Waals surface area (Å²) in [6.45, 7) is 1.48. The summed E-state index contributed by atoms with van der Waals surface area (Å²) >= 11 is 0. The molecule has 0 aliphatic rings. The smallest absolute Gasteiger partial charge is 0.325 e. The molecule has 0 spiro atoms. The Hall–Kier alpha value is -3.62. The highest BCUT2D eigenvalue weighted by Gasteiger charge is 2.13. The summed E-state index contributed by atoms with van der Waals surface area (Å²) < 4.78 is 23.1. The van der Waals surface area contributed by atoms with Crippen molar-refractivity contribution in [1.29, 1.82) is 0 Å². The van der Waals surface area contributed by atoms with E-state index < -0.39 is 29.8 Å². The minimum Gasteiger partial charge on any atom is -0.494 e. The fraction of sp³-hybridized carbons (Fsp3) is 0.250. The van der Waals surface area contributed by atoms with Crippen molar-refractivity contribution in [3.05, 3.63) is 59.4 Å². The number of carbonyl (C=O) groups is 3. The van der Waals surface area contributed by atoms with E-state index in [2.05, 4.69) is 20.7 Å². The number of amides is 3. The number of halogens is 1. The van der Waals surface area contributed by atoms with E-state index in [4.69, 9.17) is 4.74 Å². The zero-order chi connectivity index (χ0) is 21.4. The lowest BCUT2D eigenvalue weighted by molar-refractivity contribution is -0.139. The van der Waals surface area contributed by atoms with Crippen molar-refractivity contribution in [2.75, 3.05) is 26.1 Å². The van der Waals surface area contributed by atoms with E-state index in [0.29, 0.717) is 16.8 Å². The fourth-order valence-electron chi connectivity index (χ4n) is 2.43. The molecule has 2 aromatic carbocycles. The highest BCUT2D eigenvalue weighted by Crippen LogP contribution is 2.21. The number of benzene rings is 2. The molecule has 0 aliphatic carbocycles. The molecule has 0 saturated carbocycles. The van der Waals surface area contributed by atoms with Gasteiger partial charge in [-0.1, -0.05) is 6.07 Å². The molecular formula is C20H22FN3O5. The summed E-state index contributed by atoms with van der Waals surface area (Å²) in [5, 5.41) is 7.74. The highest BCUT2D eigenvalue weighted by atomic mass is 19.1. The Kier molecular flexibility index (Phi) is 7.53. The van der Waals surface area contributed by atoms with E-state index in [-0.39, 0.29) is 12.3 Å². The first-order valence-corrected chi connectivity index (χ1v) is 8.70. The van der Waals surface area contributed by atoms with Gasteiger partial charge in [-0.15, -0.1) is 0 Å². The first kappa shape index (κ1) is 21.7. The van der Waals surface area contributed by atoms with Crippen molar-refractivity contribution in [3.63, 3.8) is 0 Å². The monoisotopic (exact) mass is 403 g/mol. The van der Waals surface area contributed by atoms with Gasteiger partial charge in [-0.25, -0.2) is 9.18 Å². The third-order valence-corrected chi connectivity index (χ3v) is 4.05. The number of ether oxygens (including phenoxy) is 2. The number of rotatable bonds is 7. The average Bonchev–Trinajstić information content (AvgIpc) is 2.71. The van der Waals surface area contributed by atoms with E-state index in [1.165, 1.54) is 38.5 Å². The number of urea groups is 1. The van der Waals surface area contributed by atoms with E-state index in [9.17, 15) is 18.8 Å². The molecule has 0 heterocycles. The minimum atomic E-state index is -0.556. The Morgan fingerprint density at radius 1 is 1.07 bits per heavy atom. The SMILES string of the molecule is COC(=O)CNC(=O)c1ccc(NC(=O)N[C@@H](C)c2ccc(OC)c(F)c2)cc1. The summed E-state index contributed by atoms with van der Waals surface area (Å²) in [5.41, 5.74) is 1.36. The molecule has 0 unspecified atom stereocenters. The predicted molar refractivity (Wildman–Crippen MR) is 104 cm³/mol. The molecule has 29 heavy (non-hydrogen) atoms. The van der Waals surface area contributed by atoms with E-state index in [0.717, 1.165) is 0 Å². The quantitative estimate of drug-likeness (QED) is 0.617. The van der Waals surface area contributed by atoms with Gasteiger partial charge in [0.25, 0.3) is 5.91 Å². The van der Waals surface area contributed by atoms with Gasteiger partial charge in [0.1, 0.15) is 6.54 Å². The summed E-state index contributed by atoms with van der Waals surface area (Å²) in [6, 6.07) is 9.62. The van der Waals surface area contributed by atoms with Gasteiger partial charge in [0.15, 0.2) is 11.6 Å². The topological polar surface area (TPSA) is 106 Å². The van der Waals surface area contributed by atoms with Crippen LogP contribution < -0.4 is 20.7 Å². The number of nitrogens with one attached hydrogen (secondary N) is 3. The van der Waals surface area contributed by atoms with Crippen molar-refractivity contribution in [2.45, 2.75) is 13.0 Å². The molecule has 3 amide bonds. The molecule has 9 heteroatoms. The van der Waals surface area contributed by atoms with Crippen LogP contribution in [0.4, 0.5) is 14.9 Å². The Labute approximate surface area is 167 Å². The lowest BCUT2D eigenvalue weighted by atomic mass is 10.1. The van der Waals surface area contributed by atoms with Gasteiger partial charge in [-0.3, -0.25) is 9.59 Å². The second kappa shape index (κ2) is 10.1. The molecule has 2 aromatic rings. The van der Waals surface area contributed by atoms with Crippen molar-refractivity contribution in [1.82, 2.24) is 10.6 Å². The molecular weight excluding hydrogens is 381 g/mol. The molecule has 2 rings (SSSR count). The van der Waals surface area contributed by atoms with Crippen LogP contribution in [0.5, 0.6) is 5.75 Å². The van der Waals surface area contributed by atoms with Gasteiger partial charge < -0.3 is 25.4 Å². The van der Waals surface area contributed by atoms with Crippen LogP contribution in [-0.4, -0.2) is 38.7 Å². The van der Waals surface area contributed by atoms with Crippen molar-refractivity contribution >= 4 is 23.6 Å². The Balaban J connectivity index is 1.91. The predicted octanol–water partition coefficient (Wildman–Crippen LogP) is 2.62. The molecule has 3 N–H and O–H groups in total. The number of carbonyl (C=O) groups excluding carboxylic acids is 3. The largest absolute Gasteiger partial charge is 0.494 e. The van der Waals surface area contributed by atoms with Crippen LogP contribution >= 0.6 is 0 Å². The van der Waals surface area contributed by atoms with Gasteiger partial charge in [0.05, 0.1) is 20.3 Å². The van der Waals surface area contributed by atoms with Crippen LogP contribution in [-0.2, 0) is 9.53 Å². The Morgan fingerprint density at radius 3 is 2.34 bits per heavy atom. The van der Waals surface area contributed by atoms with Crippen LogP contribution in [0.1, 0.15) is 28.9 Å². The van der Waals surface area contributed by atoms with Crippen LogP contribution in [0.25, 0.3) is 0 Å². The minimum absolute atomic E-state index is 0.126. The van der Waals surface area contributed by atoms with Crippen LogP contribution in [0.3, 0.4) is 0 Å². The van der Waals surface area contributed by atoms with Crippen LogP contribution in [0.2, 0.25) is 0 Å². The lowest BCUT2D eigenvalue weighted by Gasteiger charge is -2.16. The summed E-state index contributed by atoms with van der Waals surface area (Å²) in [6.07, 6.45) is 0. The fourth-order valence-corrected chi connectivity index (χ4v) is 2.43. The number of hydrogen-bond acceptors (Lipinski definition) is 5. The van der Waals surface area contributed by atoms with Gasteiger partial charge in [0.2, 0.25) is 0 Å². The van der Waals surface area contributed by atoms with Gasteiger partial charge in [0, 0.05) is 11.3 Å². The maximum atomic E-state index is 13.8. The number of methoxy groups -OCH3 is 2. The number of hydrogen-bond donors (Lipinski definition) is 3. The third-order valence-electron chi connectivity index (χ3n) is 4.05. The highest BCUT2D eigenvalue weighted by molar-refractivity contribution is 5.97. The first-order valence-electron chi connectivity index (χ1n) is 8.70. The van der Waals surface area contributed by atoms with Crippen molar-refractivity contribution in [3.8, 4) is 5.75 Å². The summed E-state index contributed by atoms with van der Waals surface area (Å²) in [5.74, 6) is -1.39. The molecule has 0 aliphatic heterocycles. The maximum absolute atomic E-state index is 13.8. The zero-order valence-electron chi connectivity index (χ0n) is 16.2. The normalized spacial score (nSPS) is 11.2. The van der Waals surface area contributed by atoms with Crippen LogP contribution in [0, 0.1) is 5.82 Å². The van der Waals surface area contributed by atoms with E-state index in [1.807, 2.05) is 0 Å². The van der Waals surface area contributed by atoms with Crippen molar-refractivity contribution in [2.24, 2.45) is 0 Å². The maximum Gasteiger partial charge on any atom is 0.325 e. The van der Waals surface area contributed by atoms with Crippen molar-refractivity contribution < 1.29 is 28.2 Å². The standard InChI is InChI=1S/C20H22FN3O5/c1-12(14-6-9-17(28-2)16(21)10-14)23-20(27)24-15-7-4-13(5-8-15)19(26)22-11-18(25)29-3/h4-10,12H,11H2,1-3H3,(H,22,26)(H2,23,24,27)/t12-/m0/s1. The first-order chi connectivity index (χ1) is 13.8. The Bertz CT molecular complexity index is 886. The third kappa shape index (κ3) is 6.20. The zero-order valence-corrected chi connectivity index (χ0v) is 16.2. The van der Waals surface area contributed by atoms with Gasteiger partial charge >= 0.3 is 12.0 Å². The second-order valence-corrected chi connectivity index (χ2v) is 6.05. The van der Waals surface area contributed by atoms with Gasteiger partial charge in [-0.05, 0) is 48.9 Å². The lowest BCUT2D eigenvalue weighted by Crippen LogP contribution is -2.31. The second-order valence-electron chi connectivity index (χ2n) is 6.05. The summed E-state index contributed by atoms with van der Waals surface area (Å²) in [7, 11) is 2.60. The average molecular weight is 403 g/mol. The van der Waals surface area contributed by atoms with E-state index in [1.54, 1.807) is 25.1 Å². The molecule has 0 saturated heterocycles. The molecule has 0 bridgehead atoms. The van der Waals surface area contributed by atoms with E-state index >= 15 is 0 Å². The molecule has 0 fully saturated rings. The Morgan fingerprint density at radius 2 is 1.76 bits per heavy atom. The van der Waals surface area contributed by atoms with Gasteiger partial charge in [-0.2, -0.15) is 0 Å². The molecule has 1 atom stereocenters. The van der Waals surface area contributed by atoms with Crippen LogP contribution in [0.15, 0.2) is 42.5 Å². The number of anilines is 1. The molecule has 0 radical (unpaired) electrons. The molecule has 0 aromatic heterocycles.